The van der Waals surface area contributed by atoms with Gasteiger partial charge in [-0.2, -0.15) is 0 Å². The number of aliphatic hydroxyl groups is 2. The van der Waals surface area contributed by atoms with Crippen LogP contribution in [0.25, 0.3) is 18.2 Å². The molecule has 0 heterocycles. The number of hydrogen-bond donors (Lipinski definition) is 8. The zero-order chi connectivity index (χ0) is 45.9. The van der Waals surface area contributed by atoms with Gasteiger partial charge in [0.15, 0.2) is 6.04 Å². The Kier molecular flexibility index (Phi) is 19.8. The van der Waals surface area contributed by atoms with Crippen molar-refractivity contribution >= 4 is 53.7 Å². The first-order valence-corrected chi connectivity index (χ1v) is 20.5. The van der Waals surface area contributed by atoms with E-state index in [0.717, 1.165) is 28.9 Å². The molecule has 0 radical (unpaired) electrons. The third-order valence-electron chi connectivity index (χ3n) is 9.62. The SMILES string of the molecule is CCC/C=C\c1ccccc1/C=C/C(=O)N[C@H](C(=O)N(C)/C(=C/c1ccc(O)cc1)C(=O)N[C@@H](CC(C)C)C(=O)N[C@H](Cc1ccccc1)C(=O)N[C@H](C(=O)O)C(C)O)[C@H](C)O. The number of unbranched alkanes of at least 4 members (excludes halogenated alkanes) is 1. The fourth-order valence-electron chi connectivity index (χ4n) is 6.23. The summed E-state index contributed by atoms with van der Waals surface area (Å²) in [4.78, 5) is 82.0. The number of hydrogen-bond acceptors (Lipinski definition) is 9. The summed E-state index contributed by atoms with van der Waals surface area (Å²) in [6, 6.07) is 15.9. The summed E-state index contributed by atoms with van der Waals surface area (Å²) in [5.41, 5.74) is 2.32. The van der Waals surface area contributed by atoms with Crippen molar-refractivity contribution in [2.45, 2.75) is 96.7 Å². The number of phenolic OH excluding ortho intramolecular Hbond substituents is 1. The number of nitrogens with one attached hydrogen (secondary N) is 4. The van der Waals surface area contributed by atoms with Gasteiger partial charge in [0.1, 0.15) is 29.6 Å². The molecule has 15 nitrogen and oxygen atoms in total. The van der Waals surface area contributed by atoms with Crippen molar-refractivity contribution < 1.29 is 49.2 Å². The van der Waals surface area contributed by atoms with Crippen LogP contribution in [-0.4, -0.2) is 104 Å². The quantitative estimate of drug-likeness (QED) is 0.0682. The number of carbonyl (C=O) groups is 6. The maximum Gasteiger partial charge on any atom is 0.328 e. The van der Waals surface area contributed by atoms with E-state index in [2.05, 4.69) is 28.2 Å². The maximum absolute atomic E-state index is 14.3. The Morgan fingerprint density at radius 1 is 0.710 bits per heavy atom. The molecule has 15 heteroatoms. The standard InChI is InChI=1S/C47H59N5O10/c1-7-8-10-17-34-18-13-14-19-35(34)22-25-40(56)50-41(30(4)53)46(60)52(6)39(28-33-20-23-36(55)24-21-33)45(59)49-37(26-29(2)3)43(57)48-38(27-32-15-11-9-12-16-32)44(58)51-42(31(5)54)47(61)62/h9-25,28-31,37-38,41-42,53-55H,7-8,26-27H2,1-6H3,(H,48,57)(H,49,59)(H,50,56)(H,51,58)(H,61,62)/b17-10-,25-22+,39-28+/t30-,31?,37-,38+,41-,42-/m0/s1. The number of phenols is 1. The van der Waals surface area contributed by atoms with Gasteiger partial charge in [-0.3, -0.25) is 24.0 Å². The van der Waals surface area contributed by atoms with Crippen LogP contribution in [0.1, 0.15) is 76.1 Å². The van der Waals surface area contributed by atoms with Crippen LogP contribution in [0.15, 0.2) is 96.7 Å². The summed E-state index contributed by atoms with van der Waals surface area (Å²) in [5, 5.41) is 50.4. The zero-order valence-corrected chi connectivity index (χ0v) is 35.9. The first-order chi connectivity index (χ1) is 29.4. The Hall–Kier alpha value is -6.58. The van der Waals surface area contributed by atoms with Crippen molar-refractivity contribution in [1.82, 2.24) is 26.2 Å². The predicted octanol–water partition coefficient (Wildman–Crippen LogP) is 3.79. The molecule has 3 aromatic carbocycles. The van der Waals surface area contributed by atoms with E-state index in [4.69, 9.17) is 0 Å². The largest absolute Gasteiger partial charge is 0.508 e. The lowest BCUT2D eigenvalue weighted by molar-refractivity contribution is -0.145. The summed E-state index contributed by atoms with van der Waals surface area (Å²) in [6.07, 6.45) is 7.09. The van der Waals surface area contributed by atoms with Crippen LogP contribution < -0.4 is 21.3 Å². The van der Waals surface area contributed by atoms with Gasteiger partial charge in [0, 0.05) is 19.5 Å². The maximum atomic E-state index is 14.3. The molecule has 0 spiro atoms. The minimum absolute atomic E-state index is 0.0586. The van der Waals surface area contributed by atoms with Crippen molar-refractivity contribution in [3.8, 4) is 5.75 Å². The normalized spacial score (nSPS) is 14.6. The Balaban J connectivity index is 1.95. The highest BCUT2D eigenvalue weighted by molar-refractivity contribution is 6.05. The molecule has 0 aliphatic rings. The summed E-state index contributed by atoms with van der Waals surface area (Å²) in [5.74, 6) is -5.91. The van der Waals surface area contributed by atoms with Crippen LogP contribution in [-0.2, 0) is 35.2 Å². The fourth-order valence-corrected chi connectivity index (χ4v) is 6.23. The molecule has 0 saturated heterocycles. The van der Waals surface area contributed by atoms with Crippen LogP contribution >= 0.6 is 0 Å². The smallest absolute Gasteiger partial charge is 0.328 e. The third kappa shape index (κ3) is 15.8. The molecular formula is C47H59N5O10. The van der Waals surface area contributed by atoms with Crippen LogP contribution in [0.2, 0.25) is 0 Å². The highest BCUT2D eigenvalue weighted by Gasteiger charge is 2.35. The van der Waals surface area contributed by atoms with E-state index < -0.39 is 71.9 Å². The van der Waals surface area contributed by atoms with Gasteiger partial charge in [-0.05, 0) is 79.1 Å². The molecule has 0 aromatic heterocycles. The number of likely N-dealkylation sites (N-methyl/N-ethyl adjacent to an activating group) is 1. The number of aliphatic hydroxyl groups excluding tert-OH is 2. The number of aliphatic carboxylic acids is 1. The van der Waals surface area contributed by atoms with Gasteiger partial charge < -0.3 is 46.6 Å². The summed E-state index contributed by atoms with van der Waals surface area (Å²) in [6.45, 7) is 8.18. The molecule has 3 rings (SSSR count). The molecular weight excluding hydrogens is 795 g/mol. The number of rotatable bonds is 22. The summed E-state index contributed by atoms with van der Waals surface area (Å²) < 4.78 is 0. The van der Waals surface area contributed by atoms with Crippen molar-refractivity contribution in [3.05, 3.63) is 119 Å². The Labute approximate surface area is 362 Å². The molecule has 3 aromatic rings. The second-order valence-electron chi connectivity index (χ2n) is 15.4. The molecule has 0 fully saturated rings. The van der Waals surface area contributed by atoms with Gasteiger partial charge in [-0.25, -0.2) is 4.79 Å². The van der Waals surface area contributed by atoms with Crippen molar-refractivity contribution in [2.75, 3.05) is 7.05 Å². The second kappa shape index (κ2) is 24.6. The number of nitrogens with zero attached hydrogens (tertiary/aromatic N) is 1. The summed E-state index contributed by atoms with van der Waals surface area (Å²) in [7, 11) is 1.27. The average molecular weight is 854 g/mol. The van der Waals surface area contributed by atoms with Gasteiger partial charge in [-0.1, -0.05) is 106 Å². The molecule has 0 aliphatic heterocycles. The molecule has 0 bridgehead atoms. The molecule has 8 N–H and O–H groups in total. The number of carbonyl (C=O) groups excluding carboxylic acids is 5. The number of aromatic hydroxyl groups is 1. The van der Waals surface area contributed by atoms with Gasteiger partial charge in [-0.15, -0.1) is 0 Å². The number of allylic oxidation sites excluding steroid dienone is 1. The van der Waals surface area contributed by atoms with E-state index in [9.17, 15) is 49.2 Å². The average Bonchev–Trinajstić information content (AvgIpc) is 3.22. The molecule has 1 unspecified atom stereocenters. The number of benzene rings is 3. The molecule has 0 saturated carbocycles. The lowest BCUT2D eigenvalue weighted by atomic mass is 10.0. The van der Waals surface area contributed by atoms with Gasteiger partial charge >= 0.3 is 5.97 Å². The van der Waals surface area contributed by atoms with Crippen molar-refractivity contribution in [3.63, 3.8) is 0 Å². The van der Waals surface area contributed by atoms with Gasteiger partial charge in [0.05, 0.1) is 12.2 Å². The Morgan fingerprint density at radius 3 is 1.85 bits per heavy atom. The van der Waals surface area contributed by atoms with E-state index in [-0.39, 0.29) is 30.2 Å². The zero-order valence-electron chi connectivity index (χ0n) is 35.9. The van der Waals surface area contributed by atoms with E-state index in [1.165, 1.54) is 57.3 Å². The van der Waals surface area contributed by atoms with Crippen LogP contribution in [0, 0.1) is 5.92 Å². The van der Waals surface area contributed by atoms with Crippen LogP contribution in [0.4, 0.5) is 0 Å². The highest BCUT2D eigenvalue weighted by Crippen LogP contribution is 2.18. The third-order valence-corrected chi connectivity index (χ3v) is 9.62. The van der Waals surface area contributed by atoms with Crippen molar-refractivity contribution in [1.29, 1.82) is 0 Å². The molecule has 0 aliphatic carbocycles. The second-order valence-corrected chi connectivity index (χ2v) is 15.4. The highest BCUT2D eigenvalue weighted by atomic mass is 16.4. The van der Waals surface area contributed by atoms with Gasteiger partial charge in [0.25, 0.3) is 11.8 Å². The first kappa shape index (κ1) is 49.8. The first-order valence-electron chi connectivity index (χ1n) is 20.5. The summed E-state index contributed by atoms with van der Waals surface area (Å²) >= 11 is 0. The minimum atomic E-state index is -1.68. The lowest BCUT2D eigenvalue weighted by Crippen LogP contribution is -2.58. The molecule has 5 amide bonds. The Morgan fingerprint density at radius 2 is 1.29 bits per heavy atom. The van der Waals surface area contributed by atoms with E-state index in [0.29, 0.717) is 11.1 Å². The van der Waals surface area contributed by atoms with Crippen molar-refractivity contribution in [2.24, 2.45) is 5.92 Å². The van der Waals surface area contributed by atoms with Gasteiger partial charge in [0.2, 0.25) is 17.7 Å². The van der Waals surface area contributed by atoms with E-state index in [1.54, 1.807) is 50.3 Å². The topological polar surface area (TPSA) is 235 Å². The monoisotopic (exact) mass is 853 g/mol. The number of carboxylic acids is 1. The lowest BCUT2D eigenvalue weighted by Gasteiger charge is -2.29. The number of amides is 5. The Bertz CT molecular complexity index is 2080. The molecule has 62 heavy (non-hydrogen) atoms. The molecule has 332 valence electrons. The molecule has 6 atom stereocenters. The minimum Gasteiger partial charge on any atom is -0.508 e. The van der Waals surface area contributed by atoms with E-state index in [1.807, 2.05) is 36.4 Å². The fraction of sp³-hybridized carbons (Fsp3) is 0.362. The predicted molar refractivity (Wildman–Crippen MR) is 237 cm³/mol. The van der Waals surface area contributed by atoms with E-state index >= 15 is 0 Å². The van der Waals surface area contributed by atoms with Crippen LogP contribution in [0.3, 0.4) is 0 Å². The number of carboxylic acid groups (broad SMARTS) is 1. The van der Waals surface area contributed by atoms with Crippen LogP contribution in [0.5, 0.6) is 5.75 Å².